The highest BCUT2D eigenvalue weighted by Crippen LogP contribution is 2.40. The van der Waals surface area contributed by atoms with E-state index in [0.29, 0.717) is 22.8 Å². The Morgan fingerprint density at radius 1 is 1.28 bits per heavy atom. The number of hydrogen-bond acceptors (Lipinski definition) is 3. The molecule has 0 saturated heterocycles. The fourth-order valence-corrected chi connectivity index (χ4v) is 3.41. The fraction of sp³-hybridized carbons (Fsp3) is 0.350. The van der Waals surface area contributed by atoms with Crippen molar-refractivity contribution in [1.82, 2.24) is 5.32 Å². The lowest BCUT2D eigenvalue weighted by atomic mass is 9.88. The largest absolute Gasteiger partial charge is 0.495 e. The molecule has 0 unspecified atom stereocenters. The van der Waals surface area contributed by atoms with Gasteiger partial charge in [0.25, 0.3) is 5.91 Å². The fourth-order valence-electron chi connectivity index (χ4n) is 3.15. The number of aryl methyl sites for hydroxylation is 1. The number of hydrogen-bond donors (Lipinski definition) is 1. The van der Waals surface area contributed by atoms with E-state index in [1.807, 2.05) is 32.9 Å². The first-order valence-corrected chi connectivity index (χ1v) is 8.61. The van der Waals surface area contributed by atoms with Gasteiger partial charge in [0.2, 0.25) is 0 Å². The molecule has 0 radical (unpaired) electrons. The summed E-state index contributed by atoms with van der Waals surface area (Å²) in [6, 6.07) is 11.0. The lowest BCUT2D eigenvalue weighted by Crippen LogP contribution is -2.41. The molecular weight excluding hydrogens is 338 g/mol. The predicted octanol–water partition coefficient (Wildman–Crippen LogP) is 4.69. The normalized spacial score (nSPS) is 18.0. The Kier molecular flexibility index (Phi) is 4.65. The highest BCUT2D eigenvalue weighted by atomic mass is 35.5. The molecule has 1 aliphatic rings. The molecule has 1 heterocycles. The molecule has 2 aromatic carbocycles. The van der Waals surface area contributed by atoms with Crippen LogP contribution in [0.1, 0.15) is 47.8 Å². The molecule has 0 aliphatic carbocycles. The highest BCUT2D eigenvalue weighted by molar-refractivity contribution is 6.32. The van der Waals surface area contributed by atoms with E-state index >= 15 is 0 Å². The molecule has 5 heteroatoms. The van der Waals surface area contributed by atoms with Gasteiger partial charge in [-0.1, -0.05) is 29.3 Å². The monoisotopic (exact) mass is 359 g/mol. The van der Waals surface area contributed by atoms with E-state index in [0.717, 1.165) is 16.9 Å². The smallest absolute Gasteiger partial charge is 0.251 e. The van der Waals surface area contributed by atoms with Gasteiger partial charge in [-0.15, -0.1) is 0 Å². The maximum absolute atomic E-state index is 12.7. The molecule has 132 valence electrons. The van der Waals surface area contributed by atoms with Crippen LogP contribution >= 0.6 is 11.6 Å². The van der Waals surface area contributed by atoms with Gasteiger partial charge < -0.3 is 14.8 Å². The van der Waals surface area contributed by atoms with Crippen molar-refractivity contribution in [3.63, 3.8) is 0 Å². The summed E-state index contributed by atoms with van der Waals surface area (Å²) < 4.78 is 11.2. The van der Waals surface area contributed by atoms with Crippen molar-refractivity contribution in [2.75, 3.05) is 7.11 Å². The molecule has 0 saturated carbocycles. The van der Waals surface area contributed by atoms with Gasteiger partial charge in [0, 0.05) is 17.5 Å². The number of amides is 1. The third-order valence-corrected chi connectivity index (χ3v) is 4.64. The molecule has 1 aliphatic heterocycles. The highest BCUT2D eigenvalue weighted by Gasteiger charge is 2.34. The van der Waals surface area contributed by atoms with Gasteiger partial charge in [0.05, 0.1) is 18.2 Å². The maximum atomic E-state index is 12.7. The van der Waals surface area contributed by atoms with Gasteiger partial charge in [-0.25, -0.2) is 0 Å². The third-order valence-electron chi connectivity index (χ3n) is 4.34. The number of benzene rings is 2. The second kappa shape index (κ2) is 6.60. The van der Waals surface area contributed by atoms with Crippen molar-refractivity contribution < 1.29 is 14.3 Å². The minimum Gasteiger partial charge on any atom is -0.495 e. The average Bonchev–Trinajstić information content (AvgIpc) is 2.54. The van der Waals surface area contributed by atoms with Crippen molar-refractivity contribution in [1.29, 1.82) is 0 Å². The molecule has 2 aromatic rings. The number of ether oxygens (including phenoxy) is 2. The Labute approximate surface area is 153 Å². The summed E-state index contributed by atoms with van der Waals surface area (Å²) in [5.41, 5.74) is 2.29. The van der Waals surface area contributed by atoms with Crippen LogP contribution in [0.5, 0.6) is 11.5 Å². The number of fused-ring (bicyclic) bond motifs is 1. The van der Waals surface area contributed by atoms with Crippen LogP contribution in [0.4, 0.5) is 0 Å². The molecule has 25 heavy (non-hydrogen) atoms. The summed E-state index contributed by atoms with van der Waals surface area (Å²) in [5.74, 6) is 1.20. The lowest BCUT2D eigenvalue weighted by Gasteiger charge is -2.38. The van der Waals surface area contributed by atoms with Crippen LogP contribution in [0, 0.1) is 6.92 Å². The van der Waals surface area contributed by atoms with Gasteiger partial charge in [0.15, 0.2) is 0 Å². The molecule has 0 aromatic heterocycles. The van der Waals surface area contributed by atoms with Crippen LogP contribution in [0.3, 0.4) is 0 Å². The second-order valence-electron chi connectivity index (χ2n) is 6.98. The summed E-state index contributed by atoms with van der Waals surface area (Å²) in [5, 5.41) is 3.54. The number of methoxy groups -OCH3 is 1. The molecule has 3 rings (SSSR count). The van der Waals surface area contributed by atoms with E-state index in [4.69, 9.17) is 21.1 Å². The maximum Gasteiger partial charge on any atom is 0.251 e. The summed E-state index contributed by atoms with van der Waals surface area (Å²) in [4.78, 5) is 12.7. The van der Waals surface area contributed by atoms with E-state index in [-0.39, 0.29) is 17.6 Å². The number of halogens is 1. The van der Waals surface area contributed by atoms with E-state index in [2.05, 4.69) is 11.4 Å². The van der Waals surface area contributed by atoms with Gasteiger partial charge in [-0.2, -0.15) is 0 Å². The second-order valence-corrected chi connectivity index (χ2v) is 7.39. The number of rotatable bonds is 3. The SMILES string of the molecule is COc1ccc(C(=O)N[C@H]2CC(C)(C)Oc3ccc(C)cc32)cc1Cl. The zero-order valence-corrected chi connectivity index (χ0v) is 15.6. The Balaban J connectivity index is 1.88. The molecule has 0 bridgehead atoms. The van der Waals surface area contributed by atoms with Gasteiger partial charge >= 0.3 is 0 Å². The summed E-state index contributed by atoms with van der Waals surface area (Å²) in [6.45, 7) is 6.08. The number of nitrogens with one attached hydrogen (secondary N) is 1. The minimum atomic E-state index is -0.349. The summed E-state index contributed by atoms with van der Waals surface area (Å²) >= 11 is 6.14. The first kappa shape index (κ1) is 17.6. The van der Waals surface area contributed by atoms with Crippen LogP contribution in [0.2, 0.25) is 5.02 Å². The topological polar surface area (TPSA) is 47.6 Å². The standard InChI is InChI=1S/C20H22ClNO3/c1-12-5-7-17-14(9-12)16(11-20(2,3)25-17)22-19(23)13-6-8-18(24-4)15(21)10-13/h5-10,16H,11H2,1-4H3,(H,22,23)/t16-/m0/s1. The minimum absolute atomic E-state index is 0.118. The summed E-state index contributed by atoms with van der Waals surface area (Å²) in [7, 11) is 1.55. The molecule has 1 amide bonds. The molecule has 1 N–H and O–H groups in total. The molecule has 0 fully saturated rings. The van der Waals surface area contributed by atoms with Gasteiger partial charge in [0.1, 0.15) is 17.1 Å². The van der Waals surface area contributed by atoms with Crippen LogP contribution < -0.4 is 14.8 Å². The molecule has 1 atom stereocenters. The van der Waals surface area contributed by atoms with Crippen molar-refractivity contribution >= 4 is 17.5 Å². The Morgan fingerprint density at radius 3 is 2.72 bits per heavy atom. The predicted molar refractivity (Wildman–Crippen MR) is 98.7 cm³/mol. The van der Waals surface area contributed by atoms with Crippen molar-refractivity contribution in [3.8, 4) is 11.5 Å². The zero-order valence-electron chi connectivity index (χ0n) is 14.9. The van der Waals surface area contributed by atoms with Crippen LogP contribution in [-0.2, 0) is 0 Å². The first-order chi connectivity index (χ1) is 11.8. The molecular formula is C20H22ClNO3. The van der Waals surface area contributed by atoms with Crippen LogP contribution in [0.15, 0.2) is 36.4 Å². The van der Waals surface area contributed by atoms with Gasteiger partial charge in [-0.05, 0) is 45.0 Å². The Bertz CT molecular complexity index is 817. The molecule has 4 nitrogen and oxygen atoms in total. The lowest BCUT2D eigenvalue weighted by molar-refractivity contribution is 0.0619. The van der Waals surface area contributed by atoms with E-state index in [9.17, 15) is 4.79 Å². The third kappa shape index (κ3) is 3.74. The zero-order chi connectivity index (χ0) is 18.2. The van der Waals surface area contributed by atoms with Crippen molar-refractivity contribution in [2.45, 2.75) is 38.8 Å². The molecule has 0 spiro atoms. The van der Waals surface area contributed by atoms with Gasteiger partial charge in [-0.3, -0.25) is 4.79 Å². The number of carbonyl (C=O) groups is 1. The average molecular weight is 360 g/mol. The Hall–Kier alpha value is -2.20. The van der Waals surface area contributed by atoms with E-state index in [1.165, 1.54) is 0 Å². The first-order valence-electron chi connectivity index (χ1n) is 8.23. The quantitative estimate of drug-likeness (QED) is 0.864. The Morgan fingerprint density at radius 2 is 2.04 bits per heavy atom. The van der Waals surface area contributed by atoms with E-state index < -0.39 is 0 Å². The summed E-state index contributed by atoms with van der Waals surface area (Å²) in [6.07, 6.45) is 0.694. The van der Waals surface area contributed by atoms with Crippen LogP contribution in [0.25, 0.3) is 0 Å². The van der Waals surface area contributed by atoms with E-state index in [1.54, 1.807) is 25.3 Å². The van der Waals surface area contributed by atoms with Crippen LogP contribution in [-0.4, -0.2) is 18.6 Å². The van der Waals surface area contributed by atoms with Crippen molar-refractivity contribution in [2.24, 2.45) is 0 Å². The van der Waals surface area contributed by atoms with Crippen molar-refractivity contribution in [3.05, 3.63) is 58.1 Å². The number of carbonyl (C=O) groups excluding carboxylic acids is 1.